The van der Waals surface area contributed by atoms with Crippen LogP contribution in [0, 0.1) is 6.92 Å². The number of pyridine rings is 1. The van der Waals surface area contributed by atoms with Crippen LogP contribution >= 0.6 is 0 Å². The van der Waals surface area contributed by atoms with Crippen molar-refractivity contribution < 1.29 is 4.79 Å². The predicted octanol–water partition coefficient (Wildman–Crippen LogP) is 2.23. The van der Waals surface area contributed by atoms with E-state index in [-0.39, 0.29) is 0 Å². The minimum absolute atomic E-state index is 0.292. The highest BCUT2D eigenvalue weighted by Gasteiger charge is 2.13. The molecular weight excluding hydrogens is 252 g/mol. The monoisotopic (exact) mass is 270 g/mol. The zero-order valence-corrected chi connectivity index (χ0v) is 11.6. The third-order valence-corrected chi connectivity index (χ3v) is 3.12. The van der Waals surface area contributed by atoms with Crippen LogP contribution in [0.5, 0.6) is 0 Å². The highest BCUT2D eigenvalue weighted by Crippen LogP contribution is 2.25. The van der Waals surface area contributed by atoms with Gasteiger partial charge >= 0.3 is 0 Å². The number of hydrogen-bond acceptors (Lipinski definition) is 4. The van der Waals surface area contributed by atoms with Crippen molar-refractivity contribution in [1.29, 1.82) is 0 Å². The molecule has 0 radical (unpaired) electrons. The fourth-order valence-corrected chi connectivity index (χ4v) is 2.02. The molecule has 104 valence electrons. The van der Waals surface area contributed by atoms with Gasteiger partial charge in [0.2, 0.25) is 0 Å². The second-order valence-corrected chi connectivity index (χ2v) is 4.57. The molecule has 0 atom stereocenters. The summed E-state index contributed by atoms with van der Waals surface area (Å²) in [6.07, 6.45) is 1.46. The number of hydrogen-bond donors (Lipinski definition) is 2. The molecule has 5 nitrogen and oxygen atoms in total. The normalized spacial score (nSPS) is 10.3. The molecule has 20 heavy (non-hydrogen) atoms. The highest BCUT2D eigenvalue weighted by molar-refractivity contribution is 5.98. The van der Waals surface area contributed by atoms with Crippen molar-refractivity contribution in [2.24, 2.45) is 5.73 Å². The summed E-state index contributed by atoms with van der Waals surface area (Å²) in [5.74, 6) is 0.102. The van der Waals surface area contributed by atoms with E-state index in [4.69, 9.17) is 11.5 Å². The summed E-state index contributed by atoms with van der Waals surface area (Å²) < 4.78 is 0. The zero-order chi connectivity index (χ0) is 14.7. The summed E-state index contributed by atoms with van der Waals surface area (Å²) in [5, 5.41) is 0. The van der Waals surface area contributed by atoms with Gasteiger partial charge in [0.05, 0.1) is 17.4 Å². The van der Waals surface area contributed by atoms with E-state index in [9.17, 15) is 4.79 Å². The van der Waals surface area contributed by atoms with Gasteiger partial charge in [0.1, 0.15) is 5.82 Å². The number of anilines is 3. The molecule has 1 aromatic heterocycles. The van der Waals surface area contributed by atoms with Crippen molar-refractivity contribution in [2.75, 3.05) is 17.2 Å². The first kappa shape index (κ1) is 13.9. The molecule has 0 saturated carbocycles. The first-order chi connectivity index (χ1) is 9.52. The van der Waals surface area contributed by atoms with Crippen molar-refractivity contribution in [1.82, 2.24) is 4.98 Å². The molecule has 1 heterocycles. The van der Waals surface area contributed by atoms with Gasteiger partial charge in [0, 0.05) is 12.2 Å². The first-order valence-electron chi connectivity index (χ1n) is 6.42. The van der Waals surface area contributed by atoms with Gasteiger partial charge in [-0.3, -0.25) is 4.79 Å². The van der Waals surface area contributed by atoms with E-state index in [2.05, 4.69) is 4.98 Å². The molecule has 2 rings (SSSR count). The van der Waals surface area contributed by atoms with Gasteiger partial charge < -0.3 is 16.4 Å². The number of benzene rings is 1. The summed E-state index contributed by atoms with van der Waals surface area (Å²) in [5.41, 5.74) is 13.8. The Kier molecular flexibility index (Phi) is 3.89. The molecule has 1 aromatic carbocycles. The van der Waals surface area contributed by atoms with E-state index < -0.39 is 5.91 Å². The Morgan fingerprint density at radius 3 is 2.50 bits per heavy atom. The van der Waals surface area contributed by atoms with E-state index in [1.165, 1.54) is 11.8 Å². The Labute approximate surface area is 118 Å². The van der Waals surface area contributed by atoms with E-state index in [1.807, 2.05) is 43.0 Å². The second kappa shape index (κ2) is 5.61. The molecule has 0 bridgehead atoms. The van der Waals surface area contributed by atoms with Crippen molar-refractivity contribution >= 4 is 23.1 Å². The van der Waals surface area contributed by atoms with Crippen molar-refractivity contribution in [3.8, 4) is 0 Å². The number of nitrogens with two attached hydrogens (primary N) is 2. The maximum atomic E-state index is 11.4. The number of aromatic nitrogens is 1. The lowest BCUT2D eigenvalue weighted by atomic mass is 10.2. The maximum Gasteiger partial charge on any atom is 0.250 e. The van der Waals surface area contributed by atoms with E-state index in [1.54, 1.807) is 6.07 Å². The minimum atomic E-state index is -0.550. The van der Waals surface area contributed by atoms with Gasteiger partial charge in [-0.25, -0.2) is 4.98 Å². The lowest BCUT2D eigenvalue weighted by Gasteiger charge is -2.23. The Morgan fingerprint density at radius 2 is 1.95 bits per heavy atom. The molecule has 0 fully saturated rings. The smallest absolute Gasteiger partial charge is 0.250 e. The van der Waals surface area contributed by atoms with Crippen LogP contribution in [0.4, 0.5) is 17.2 Å². The quantitative estimate of drug-likeness (QED) is 0.892. The third kappa shape index (κ3) is 2.71. The van der Waals surface area contributed by atoms with Crippen LogP contribution in [-0.4, -0.2) is 17.4 Å². The van der Waals surface area contributed by atoms with Crippen molar-refractivity contribution in [2.45, 2.75) is 13.8 Å². The lowest BCUT2D eigenvalue weighted by Crippen LogP contribution is -2.20. The number of nitrogen functional groups attached to an aromatic ring is 1. The average Bonchev–Trinajstić information content (AvgIpc) is 2.43. The number of amides is 1. The van der Waals surface area contributed by atoms with E-state index in [0.29, 0.717) is 17.1 Å². The summed E-state index contributed by atoms with van der Waals surface area (Å²) in [6, 6.07) is 9.72. The molecule has 0 saturated heterocycles. The summed E-state index contributed by atoms with van der Waals surface area (Å²) in [4.78, 5) is 17.6. The van der Waals surface area contributed by atoms with Gasteiger partial charge in [0.25, 0.3) is 5.91 Å². The van der Waals surface area contributed by atoms with Gasteiger partial charge in [-0.1, -0.05) is 17.7 Å². The third-order valence-electron chi connectivity index (χ3n) is 3.12. The molecule has 0 aliphatic heterocycles. The van der Waals surface area contributed by atoms with Crippen LogP contribution in [0.3, 0.4) is 0 Å². The second-order valence-electron chi connectivity index (χ2n) is 4.57. The van der Waals surface area contributed by atoms with Gasteiger partial charge in [-0.2, -0.15) is 0 Å². The topological polar surface area (TPSA) is 85.2 Å². The Hall–Kier alpha value is -2.56. The van der Waals surface area contributed by atoms with Gasteiger partial charge in [0.15, 0.2) is 0 Å². The maximum absolute atomic E-state index is 11.4. The number of primary amides is 1. The molecule has 0 spiro atoms. The van der Waals surface area contributed by atoms with Crippen LogP contribution in [-0.2, 0) is 0 Å². The first-order valence-corrected chi connectivity index (χ1v) is 6.42. The van der Waals surface area contributed by atoms with Crippen molar-refractivity contribution in [3.63, 3.8) is 0 Å². The summed E-state index contributed by atoms with van der Waals surface area (Å²) in [6.45, 7) is 4.77. The Bertz CT molecular complexity index is 622. The SMILES string of the molecule is CCN(c1ccc(C)cc1)c1cc(C(N)=O)c(N)cn1. The summed E-state index contributed by atoms with van der Waals surface area (Å²) in [7, 11) is 0. The van der Waals surface area contributed by atoms with Crippen LogP contribution < -0.4 is 16.4 Å². The molecule has 2 aromatic rings. The molecule has 0 aliphatic rings. The molecule has 5 heteroatoms. The molecule has 4 N–H and O–H groups in total. The van der Waals surface area contributed by atoms with Crippen LogP contribution in [0.15, 0.2) is 36.5 Å². The number of nitrogens with zero attached hydrogens (tertiary/aromatic N) is 2. The fraction of sp³-hybridized carbons (Fsp3) is 0.200. The number of carbonyl (C=O) groups is 1. The number of carbonyl (C=O) groups excluding carboxylic acids is 1. The molecule has 0 unspecified atom stereocenters. The van der Waals surface area contributed by atoms with Crippen LogP contribution in [0.1, 0.15) is 22.8 Å². The standard InChI is InChI=1S/C15H18N4O/c1-3-19(11-6-4-10(2)5-7-11)14-8-12(15(17)20)13(16)9-18-14/h4-9H,3,16H2,1-2H3,(H2,17,20). The molecule has 0 aliphatic carbocycles. The van der Waals surface area contributed by atoms with Gasteiger partial charge in [-0.05, 0) is 32.0 Å². The average molecular weight is 270 g/mol. The zero-order valence-electron chi connectivity index (χ0n) is 11.6. The highest BCUT2D eigenvalue weighted by atomic mass is 16.1. The lowest BCUT2D eigenvalue weighted by molar-refractivity contribution is 0.100. The minimum Gasteiger partial charge on any atom is -0.397 e. The fourth-order valence-electron chi connectivity index (χ4n) is 2.02. The van der Waals surface area contributed by atoms with E-state index in [0.717, 1.165) is 12.2 Å². The predicted molar refractivity (Wildman–Crippen MR) is 81.0 cm³/mol. The van der Waals surface area contributed by atoms with E-state index >= 15 is 0 Å². The Balaban J connectivity index is 2.44. The largest absolute Gasteiger partial charge is 0.397 e. The van der Waals surface area contributed by atoms with Crippen molar-refractivity contribution in [3.05, 3.63) is 47.7 Å². The number of rotatable bonds is 4. The van der Waals surface area contributed by atoms with Crippen LogP contribution in [0.25, 0.3) is 0 Å². The van der Waals surface area contributed by atoms with Crippen LogP contribution in [0.2, 0.25) is 0 Å². The Morgan fingerprint density at radius 1 is 1.30 bits per heavy atom. The molecular formula is C15H18N4O. The van der Waals surface area contributed by atoms with Gasteiger partial charge in [-0.15, -0.1) is 0 Å². The molecule has 1 amide bonds. The summed E-state index contributed by atoms with van der Waals surface area (Å²) >= 11 is 0. The number of aryl methyl sites for hydroxylation is 1.